The lowest BCUT2D eigenvalue weighted by Crippen LogP contribution is -2.43. The zero-order chi connectivity index (χ0) is 18.4. The van der Waals surface area contributed by atoms with Crippen molar-refractivity contribution in [3.63, 3.8) is 0 Å². The molecule has 2 heterocycles. The SMILES string of the molecule is CCc1cnc(CCNC(=NC)NC(C)Cc2c(C)nn(C)c2C)s1.I. The van der Waals surface area contributed by atoms with Crippen molar-refractivity contribution >= 4 is 41.3 Å². The quantitative estimate of drug-likeness (QED) is 0.356. The maximum atomic E-state index is 4.49. The Bertz CT molecular complexity index is 721. The highest BCUT2D eigenvalue weighted by atomic mass is 127. The molecule has 0 aliphatic heterocycles. The van der Waals surface area contributed by atoms with Gasteiger partial charge in [-0.15, -0.1) is 35.3 Å². The molecular formula is C18H31IN6S. The molecule has 8 heteroatoms. The van der Waals surface area contributed by atoms with Crippen molar-refractivity contribution in [2.75, 3.05) is 13.6 Å². The Labute approximate surface area is 177 Å². The molecule has 146 valence electrons. The Morgan fingerprint density at radius 3 is 2.65 bits per heavy atom. The summed E-state index contributed by atoms with van der Waals surface area (Å²) in [6.07, 6.45) is 4.88. The van der Waals surface area contributed by atoms with Crippen LogP contribution in [0.15, 0.2) is 11.2 Å². The largest absolute Gasteiger partial charge is 0.356 e. The topological polar surface area (TPSA) is 67.1 Å². The van der Waals surface area contributed by atoms with E-state index in [-0.39, 0.29) is 30.0 Å². The maximum Gasteiger partial charge on any atom is 0.191 e. The van der Waals surface area contributed by atoms with Gasteiger partial charge in [-0.2, -0.15) is 5.10 Å². The first-order valence-electron chi connectivity index (χ1n) is 8.84. The van der Waals surface area contributed by atoms with Crippen molar-refractivity contribution in [1.29, 1.82) is 0 Å². The highest BCUT2D eigenvalue weighted by molar-refractivity contribution is 14.0. The van der Waals surface area contributed by atoms with Crippen LogP contribution in [0.3, 0.4) is 0 Å². The van der Waals surface area contributed by atoms with Crippen molar-refractivity contribution in [1.82, 2.24) is 25.4 Å². The smallest absolute Gasteiger partial charge is 0.191 e. The van der Waals surface area contributed by atoms with Gasteiger partial charge in [-0.05, 0) is 39.2 Å². The lowest BCUT2D eigenvalue weighted by Gasteiger charge is -2.18. The van der Waals surface area contributed by atoms with E-state index in [0.29, 0.717) is 0 Å². The van der Waals surface area contributed by atoms with Gasteiger partial charge >= 0.3 is 0 Å². The summed E-state index contributed by atoms with van der Waals surface area (Å²) in [6, 6.07) is 0.277. The van der Waals surface area contributed by atoms with Crippen LogP contribution in [-0.2, 0) is 26.3 Å². The van der Waals surface area contributed by atoms with Crippen LogP contribution < -0.4 is 10.6 Å². The molecule has 2 rings (SSSR count). The Balaban J connectivity index is 0.00000338. The Hall–Kier alpha value is -1.16. The van der Waals surface area contributed by atoms with Gasteiger partial charge in [0.05, 0.1) is 10.7 Å². The third-order valence-electron chi connectivity index (χ3n) is 4.36. The number of rotatable bonds is 7. The fourth-order valence-corrected chi connectivity index (χ4v) is 3.67. The van der Waals surface area contributed by atoms with Crippen LogP contribution in [0.25, 0.3) is 0 Å². The summed E-state index contributed by atoms with van der Waals surface area (Å²) in [5.41, 5.74) is 3.64. The highest BCUT2D eigenvalue weighted by Crippen LogP contribution is 2.14. The number of thiazole rings is 1. The number of aliphatic imine (C=N–C) groups is 1. The van der Waals surface area contributed by atoms with E-state index in [4.69, 9.17) is 0 Å². The number of hydrogen-bond donors (Lipinski definition) is 2. The van der Waals surface area contributed by atoms with E-state index in [1.165, 1.54) is 21.1 Å². The van der Waals surface area contributed by atoms with Crippen LogP contribution in [0.1, 0.15) is 40.7 Å². The molecule has 0 saturated carbocycles. The number of nitrogens with zero attached hydrogens (tertiary/aromatic N) is 4. The average Bonchev–Trinajstić information content (AvgIpc) is 3.14. The highest BCUT2D eigenvalue weighted by Gasteiger charge is 2.14. The molecular weight excluding hydrogens is 459 g/mol. The number of aryl methyl sites for hydroxylation is 3. The third-order valence-corrected chi connectivity index (χ3v) is 5.56. The van der Waals surface area contributed by atoms with E-state index in [9.17, 15) is 0 Å². The lowest BCUT2D eigenvalue weighted by molar-refractivity contribution is 0.635. The van der Waals surface area contributed by atoms with E-state index in [0.717, 1.165) is 37.5 Å². The van der Waals surface area contributed by atoms with Crippen LogP contribution in [0.5, 0.6) is 0 Å². The van der Waals surface area contributed by atoms with Gasteiger partial charge in [0.1, 0.15) is 0 Å². The van der Waals surface area contributed by atoms with Gasteiger partial charge < -0.3 is 10.6 Å². The van der Waals surface area contributed by atoms with Gasteiger partial charge in [-0.25, -0.2) is 4.98 Å². The van der Waals surface area contributed by atoms with Crippen LogP contribution in [0.4, 0.5) is 0 Å². The third kappa shape index (κ3) is 6.22. The first-order chi connectivity index (χ1) is 11.9. The number of guanidine groups is 1. The molecule has 1 unspecified atom stereocenters. The predicted octanol–water partition coefficient (Wildman–Crippen LogP) is 3.01. The molecule has 2 N–H and O–H groups in total. The Kier molecular flexibility index (Phi) is 9.56. The van der Waals surface area contributed by atoms with Crippen molar-refractivity contribution < 1.29 is 0 Å². The monoisotopic (exact) mass is 490 g/mol. The summed E-state index contributed by atoms with van der Waals surface area (Å²) in [4.78, 5) is 10.1. The zero-order valence-electron chi connectivity index (χ0n) is 16.6. The fraction of sp³-hybridized carbons (Fsp3) is 0.611. The summed E-state index contributed by atoms with van der Waals surface area (Å²) in [6.45, 7) is 9.35. The van der Waals surface area contributed by atoms with E-state index < -0.39 is 0 Å². The van der Waals surface area contributed by atoms with E-state index in [2.05, 4.69) is 53.4 Å². The second-order valence-electron chi connectivity index (χ2n) is 6.35. The average molecular weight is 490 g/mol. The van der Waals surface area contributed by atoms with Gasteiger partial charge in [0.2, 0.25) is 0 Å². The van der Waals surface area contributed by atoms with Crippen molar-refractivity contribution in [3.8, 4) is 0 Å². The molecule has 0 fully saturated rings. The molecule has 0 aromatic carbocycles. The van der Waals surface area contributed by atoms with Gasteiger partial charge in [0.15, 0.2) is 5.96 Å². The number of halogens is 1. The lowest BCUT2D eigenvalue weighted by atomic mass is 10.1. The minimum absolute atomic E-state index is 0. The first-order valence-corrected chi connectivity index (χ1v) is 9.66. The van der Waals surface area contributed by atoms with Crippen LogP contribution >= 0.6 is 35.3 Å². The molecule has 0 spiro atoms. The number of aromatic nitrogens is 3. The van der Waals surface area contributed by atoms with Gasteiger partial charge in [-0.1, -0.05) is 6.92 Å². The molecule has 0 amide bonds. The Morgan fingerprint density at radius 1 is 1.38 bits per heavy atom. The summed E-state index contributed by atoms with van der Waals surface area (Å²) >= 11 is 1.79. The van der Waals surface area contributed by atoms with Crippen molar-refractivity contribution in [3.05, 3.63) is 33.0 Å². The molecule has 0 radical (unpaired) electrons. The van der Waals surface area contributed by atoms with Gasteiger partial charge in [0, 0.05) is 49.9 Å². The van der Waals surface area contributed by atoms with Crippen molar-refractivity contribution in [2.45, 2.75) is 53.0 Å². The summed E-state index contributed by atoms with van der Waals surface area (Å²) in [5, 5.41) is 12.5. The summed E-state index contributed by atoms with van der Waals surface area (Å²) < 4.78 is 1.95. The molecule has 0 aliphatic carbocycles. The molecule has 26 heavy (non-hydrogen) atoms. The van der Waals surface area contributed by atoms with Gasteiger partial charge in [-0.3, -0.25) is 9.67 Å². The minimum atomic E-state index is 0. The van der Waals surface area contributed by atoms with E-state index in [1.54, 1.807) is 18.4 Å². The summed E-state index contributed by atoms with van der Waals surface area (Å²) in [7, 11) is 3.80. The van der Waals surface area contributed by atoms with E-state index in [1.807, 2.05) is 17.9 Å². The molecule has 0 saturated heterocycles. The van der Waals surface area contributed by atoms with Crippen LogP contribution in [-0.4, -0.2) is 40.4 Å². The first kappa shape index (κ1) is 22.9. The second kappa shape index (κ2) is 10.9. The Morgan fingerprint density at radius 2 is 2.12 bits per heavy atom. The zero-order valence-corrected chi connectivity index (χ0v) is 19.7. The van der Waals surface area contributed by atoms with Gasteiger partial charge in [0.25, 0.3) is 0 Å². The molecule has 1 atom stereocenters. The minimum Gasteiger partial charge on any atom is -0.356 e. The maximum absolute atomic E-state index is 4.49. The number of nitrogens with one attached hydrogen (secondary N) is 2. The van der Waals surface area contributed by atoms with E-state index >= 15 is 0 Å². The molecule has 0 aliphatic rings. The van der Waals surface area contributed by atoms with Crippen LogP contribution in [0.2, 0.25) is 0 Å². The predicted molar refractivity (Wildman–Crippen MR) is 121 cm³/mol. The number of hydrogen-bond acceptors (Lipinski definition) is 4. The molecule has 2 aromatic rings. The molecule has 0 bridgehead atoms. The molecule has 2 aromatic heterocycles. The summed E-state index contributed by atoms with van der Waals surface area (Å²) in [5.74, 6) is 0.832. The standard InChI is InChI=1S/C18H30N6S.HI/c1-7-15-11-21-17(25-15)8-9-20-18(19-5)22-12(2)10-16-13(3)23-24(6)14(16)4;/h11-12H,7-10H2,1-6H3,(H2,19,20,22);1H. The molecule has 6 nitrogen and oxygen atoms in total. The van der Waals surface area contributed by atoms with Crippen LogP contribution in [0, 0.1) is 13.8 Å². The fourth-order valence-electron chi connectivity index (χ4n) is 2.81. The van der Waals surface area contributed by atoms with Crippen molar-refractivity contribution in [2.24, 2.45) is 12.0 Å². The second-order valence-corrected chi connectivity index (χ2v) is 7.55. The normalized spacial score (nSPS) is 12.6.